The van der Waals surface area contributed by atoms with E-state index in [2.05, 4.69) is 5.32 Å². The first-order chi connectivity index (χ1) is 10.6. The highest BCUT2D eigenvalue weighted by Gasteiger charge is 2.26. The Kier molecular flexibility index (Phi) is 4.20. The first kappa shape index (κ1) is 14.7. The summed E-state index contributed by atoms with van der Waals surface area (Å²) in [5.41, 5.74) is 9.02. The average Bonchev–Trinajstić information content (AvgIpc) is 2.90. The van der Waals surface area contributed by atoms with Crippen molar-refractivity contribution < 1.29 is 9.18 Å². The number of carbonyl (C=O) groups excluding carboxylic acids is 1. The Morgan fingerprint density at radius 1 is 1.27 bits per heavy atom. The Morgan fingerprint density at radius 3 is 2.82 bits per heavy atom. The Morgan fingerprint density at radius 2 is 2.05 bits per heavy atom. The third kappa shape index (κ3) is 3.17. The van der Waals surface area contributed by atoms with E-state index in [9.17, 15) is 9.18 Å². The molecule has 3 N–H and O–H groups in total. The van der Waals surface area contributed by atoms with Crippen LogP contribution in [-0.4, -0.2) is 11.9 Å². The van der Waals surface area contributed by atoms with E-state index in [1.807, 2.05) is 30.3 Å². The minimum Gasteiger partial charge on any atom is -0.348 e. The van der Waals surface area contributed by atoms with Crippen molar-refractivity contribution in [3.63, 3.8) is 0 Å². The first-order valence-corrected chi connectivity index (χ1v) is 7.51. The number of hydrogen-bond acceptors (Lipinski definition) is 2. The van der Waals surface area contributed by atoms with Gasteiger partial charge in [-0.05, 0) is 48.1 Å². The topological polar surface area (TPSA) is 55.1 Å². The molecule has 2 aromatic rings. The third-order valence-corrected chi connectivity index (χ3v) is 4.13. The van der Waals surface area contributed by atoms with Crippen LogP contribution < -0.4 is 11.1 Å². The second-order valence-corrected chi connectivity index (χ2v) is 5.74. The summed E-state index contributed by atoms with van der Waals surface area (Å²) in [6.45, 7) is 0. The molecule has 114 valence electrons. The van der Waals surface area contributed by atoms with Gasteiger partial charge < -0.3 is 11.1 Å². The predicted octanol–water partition coefficient (Wildman–Crippen LogP) is 2.50. The number of nitrogens with one attached hydrogen (secondary N) is 1. The van der Waals surface area contributed by atoms with Gasteiger partial charge in [0.25, 0.3) is 0 Å². The van der Waals surface area contributed by atoms with Crippen molar-refractivity contribution in [2.75, 3.05) is 0 Å². The second kappa shape index (κ2) is 6.28. The lowest BCUT2D eigenvalue weighted by molar-refractivity contribution is -0.123. The van der Waals surface area contributed by atoms with Gasteiger partial charge in [0.05, 0.1) is 12.1 Å². The van der Waals surface area contributed by atoms with Gasteiger partial charge in [0, 0.05) is 0 Å². The quantitative estimate of drug-likeness (QED) is 0.911. The lowest BCUT2D eigenvalue weighted by Gasteiger charge is -2.18. The molecule has 3 nitrogen and oxygen atoms in total. The van der Waals surface area contributed by atoms with Gasteiger partial charge in [-0.25, -0.2) is 4.39 Å². The number of halogens is 1. The zero-order valence-electron chi connectivity index (χ0n) is 12.3. The molecule has 22 heavy (non-hydrogen) atoms. The molecule has 0 aliphatic heterocycles. The monoisotopic (exact) mass is 298 g/mol. The van der Waals surface area contributed by atoms with Crippen LogP contribution in [0.15, 0.2) is 48.5 Å². The fourth-order valence-electron chi connectivity index (χ4n) is 2.98. The molecule has 0 heterocycles. The highest BCUT2D eigenvalue weighted by Crippen LogP contribution is 2.31. The maximum atomic E-state index is 13.2. The summed E-state index contributed by atoms with van der Waals surface area (Å²) in [7, 11) is 0. The van der Waals surface area contributed by atoms with Crippen molar-refractivity contribution in [2.45, 2.75) is 31.3 Å². The number of amides is 1. The fourth-order valence-corrected chi connectivity index (χ4v) is 2.98. The molecule has 4 heteroatoms. The van der Waals surface area contributed by atoms with Crippen LogP contribution in [0.25, 0.3) is 0 Å². The summed E-state index contributed by atoms with van der Waals surface area (Å²) >= 11 is 0. The molecule has 0 saturated carbocycles. The largest absolute Gasteiger partial charge is 0.348 e. The van der Waals surface area contributed by atoms with Crippen molar-refractivity contribution in [1.29, 1.82) is 0 Å². The van der Waals surface area contributed by atoms with Crippen molar-refractivity contribution in [3.8, 4) is 0 Å². The van der Waals surface area contributed by atoms with E-state index in [1.165, 1.54) is 6.07 Å². The van der Waals surface area contributed by atoms with Crippen LogP contribution >= 0.6 is 0 Å². The number of carbonyl (C=O) groups is 1. The predicted molar refractivity (Wildman–Crippen MR) is 83.7 cm³/mol. The van der Waals surface area contributed by atoms with Crippen LogP contribution in [0, 0.1) is 5.82 Å². The van der Waals surface area contributed by atoms with Crippen LogP contribution in [0.5, 0.6) is 0 Å². The Hall–Kier alpha value is -2.20. The minimum absolute atomic E-state index is 0.0649. The maximum absolute atomic E-state index is 13.2. The molecule has 1 aliphatic carbocycles. The molecule has 1 unspecified atom stereocenters. The molecule has 0 radical (unpaired) electrons. The number of aryl methyl sites for hydroxylation is 1. The van der Waals surface area contributed by atoms with Gasteiger partial charge in [-0.3, -0.25) is 4.79 Å². The van der Waals surface area contributed by atoms with Crippen LogP contribution in [0.2, 0.25) is 0 Å². The molecule has 1 amide bonds. The standard InChI is InChI=1S/C18H19FN2O/c19-14-7-8-15-13(11-14)6-9-17(15)21-18(22)16(20)10-12-4-2-1-3-5-12/h1-5,7-8,11,16-17H,6,9-10,20H2,(H,21,22)/t16-,17?/m0/s1. The average molecular weight is 298 g/mol. The summed E-state index contributed by atoms with van der Waals surface area (Å²) in [5, 5.41) is 2.99. The van der Waals surface area contributed by atoms with Gasteiger partial charge >= 0.3 is 0 Å². The summed E-state index contributed by atoms with van der Waals surface area (Å²) in [5.74, 6) is -0.391. The van der Waals surface area contributed by atoms with Crippen molar-refractivity contribution in [1.82, 2.24) is 5.32 Å². The van der Waals surface area contributed by atoms with E-state index in [-0.39, 0.29) is 17.8 Å². The SMILES string of the molecule is N[C@@H](Cc1ccccc1)C(=O)NC1CCc2cc(F)ccc21. The number of nitrogens with two attached hydrogens (primary N) is 1. The molecular formula is C18H19FN2O. The Balaban J connectivity index is 1.63. The molecule has 0 aromatic heterocycles. The number of hydrogen-bond donors (Lipinski definition) is 2. The van der Waals surface area contributed by atoms with Crippen molar-refractivity contribution in [2.24, 2.45) is 5.73 Å². The lowest BCUT2D eigenvalue weighted by atomic mass is 10.0. The van der Waals surface area contributed by atoms with Crippen molar-refractivity contribution >= 4 is 5.91 Å². The number of fused-ring (bicyclic) bond motifs is 1. The maximum Gasteiger partial charge on any atom is 0.237 e. The summed E-state index contributed by atoms with van der Waals surface area (Å²) < 4.78 is 13.2. The first-order valence-electron chi connectivity index (χ1n) is 7.51. The molecule has 0 spiro atoms. The van der Waals surface area contributed by atoms with Crippen LogP contribution in [0.1, 0.15) is 29.2 Å². The molecule has 0 bridgehead atoms. The number of benzene rings is 2. The van der Waals surface area contributed by atoms with Gasteiger partial charge in [-0.1, -0.05) is 36.4 Å². The molecule has 3 rings (SSSR count). The Bertz CT molecular complexity index is 672. The molecule has 0 saturated heterocycles. The fraction of sp³-hybridized carbons (Fsp3) is 0.278. The van der Waals surface area contributed by atoms with Crippen LogP contribution in [0.4, 0.5) is 4.39 Å². The van der Waals surface area contributed by atoms with Gasteiger partial charge in [0.15, 0.2) is 0 Å². The van der Waals surface area contributed by atoms with Gasteiger partial charge in [-0.15, -0.1) is 0 Å². The number of rotatable bonds is 4. The zero-order chi connectivity index (χ0) is 15.5. The molecule has 1 aliphatic rings. The van der Waals surface area contributed by atoms with Crippen molar-refractivity contribution in [3.05, 3.63) is 71.0 Å². The normalized spacial score (nSPS) is 17.8. The summed E-state index contributed by atoms with van der Waals surface area (Å²) in [6, 6.07) is 13.8. The summed E-state index contributed by atoms with van der Waals surface area (Å²) in [4.78, 5) is 12.3. The van der Waals surface area contributed by atoms with E-state index in [4.69, 9.17) is 5.73 Å². The highest BCUT2D eigenvalue weighted by atomic mass is 19.1. The van der Waals surface area contributed by atoms with E-state index < -0.39 is 6.04 Å². The minimum atomic E-state index is -0.577. The van der Waals surface area contributed by atoms with E-state index >= 15 is 0 Å². The lowest BCUT2D eigenvalue weighted by Crippen LogP contribution is -2.43. The third-order valence-electron chi connectivity index (χ3n) is 4.13. The van der Waals surface area contributed by atoms with E-state index in [0.29, 0.717) is 6.42 Å². The molecule has 2 aromatic carbocycles. The van der Waals surface area contributed by atoms with Crippen LogP contribution in [-0.2, 0) is 17.6 Å². The summed E-state index contributed by atoms with van der Waals surface area (Å²) in [6.07, 6.45) is 2.09. The van der Waals surface area contributed by atoms with E-state index in [1.54, 1.807) is 12.1 Å². The Labute approximate surface area is 129 Å². The smallest absolute Gasteiger partial charge is 0.237 e. The van der Waals surface area contributed by atoms with E-state index in [0.717, 1.165) is 29.5 Å². The molecule has 2 atom stereocenters. The molecule has 0 fully saturated rings. The van der Waals surface area contributed by atoms with Gasteiger partial charge in [0.1, 0.15) is 5.82 Å². The molecular weight excluding hydrogens is 279 g/mol. The van der Waals surface area contributed by atoms with Gasteiger partial charge in [0.2, 0.25) is 5.91 Å². The highest BCUT2D eigenvalue weighted by molar-refractivity contribution is 5.82. The zero-order valence-corrected chi connectivity index (χ0v) is 12.3. The second-order valence-electron chi connectivity index (χ2n) is 5.74. The van der Waals surface area contributed by atoms with Gasteiger partial charge in [-0.2, -0.15) is 0 Å². The van der Waals surface area contributed by atoms with Crippen LogP contribution in [0.3, 0.4) is 0 Å².